The predicted octanol–water partition coefficient (Wildman–Crippen LogP) is 14.5. The van der Waals surface area contributed by atoms with Crippen molar-refractivity contribution in [3.05, 3.63) is 0 Å². The van der Waals surface area contributed by atoms with Gasteiger partial charge in [-0.3, -0.25) is 0 Å². The first-order chi connectivity index (χ1) is 19.8. The monoisotopic (exact) mass is 593 g/mol. The predicted molar refractivity (Wildman–Crippen MR) is 192 cm³/mol. The van der Waals surface area contributed by atoms with Crippen molar-refractivity contribution in [2.24, 2.45) is 41.4 Å². The van der Waals surface area contributed by atoms with Crippen LogP contribution in [0.4, 0.5) is 0 Å². The van der Waals surface area contributed by atoms with Gasteiger partial charge in [0.1, 0.15) is 0 Å². The first-order valence-corrected chi connectivity index (χ1v) is 19.4. The summed E-state index contributed by atoms with van der Waals surface area (Å²) >= 11 is 0. The van der Waals surface area contributed by atoms with Gasteiger partial charge in [0.25, 0.3) is 0 Å². The third-order valence-corrected chi connectivity index (χ3v) is 10.7. The van der Waals surface area contributed by atoms with Crippen LogP contribution >= 0.6 is 0 Å². The van der Waals surface area contributed by atoms with Crippen molar-refractivity contribution in [1.29, 1.82) is 0 Å². The van der Waals surface area contributed by atoms with Gasteiger partial charge in [-0.15, -0.1) is 0 Å². The Balaban J connectivity index is 3.67. The highest BCUT2D eigenvalue weighted by Gasteiger charge is 2.16. The van der Waals surface area contributed by atoms with Gasteiger partial charge in [-0.25, -0.2) is 0 Å². The molecule has 1 heteroatoms. The third-order valence-electron chi connectivity index (χ3n) is 10.7. The second-order valence-corrected chi connectivity index (χ2v) is 16.8. The Morgan fingerprint density at radius 2 is 0.595 bits per heavy atom. The smallest absolute Gasteiger partial charge is 0.0622 e. The quantitative estimate of drug-likeness (QED) is 0.0754. The summed E-state index contributed by atoms with van der Waals surface area (Å²) in [6.45, 7) is 24.1. The summed E-state index contributed by atoms with van der Waals surface area (Å²) in [6.07, 6.45) is 31.2. The van der Waals surface area contributed by atoms with E-state index in [0.29, 0.717) is 0 Å². The highest BCUT2D eigenvalue weighted by Crippen LogP contribution is 2.26. The van der Waals surface area contributed by atoms with E-state index >= 15 is 0 Å². The van der Waals surface area contributed by atoms with Crippen molar-refractivity contribution in [2.75, 3.05) is 7.11 Å². The fraction of sp³-hybridized carbons (Fsp3) is 1.00. The Labute approximate surface area is 268 Å². The van der Waals surface area contributed by atoms with E-state index in [0.717, 1.165) is 41.4 Å². The van der Waals surface area contributed by atoms with E-state index in [1.54, 1.807) is 0 Å². The Kier molecular flexibility index (Phi) is 26.2. The Hall–Kier alpha value is -0.0400. The molecule has 5 unspecified atom stereocenters. The standard InChI is InChI=1S/C41H84O/c1-34(2)20-14-23-37(5)26-17-29-38(6)27-15-24-35(3)21-12-13-22-36(4)25-16-28-39(7)30-18-31-40(8)32-19-33-41(9,10)42-11/h34-40H,12-33H2,1-11H3/t35-,36?,37?,38?,39?,40?/m1/s1. The summed E-state index contributed by atoms with van der Waals surface area (Å²) in [5.74, 6) is 6.35. The lowest BCUT2D eigenvalue weighted by Crippen LogP contribution is -2.22. The molecule has 0 bridgehead atoms. The largest absolute Gasteiger partial charge is 0.379 e. The second kappa shape index (κ2) is 26.2. The van der Waals surface area contributed by atoms with Crippen LogP contribution in [0.3, 0.4) is 0 Å². The van der Waals surface area contributed by atoms with E-state index < -0.39 is 0 Å². The fourth-order valence-electron chi connectivity index (χ4n) is 6.96. The molecule has 254 valence electrons. The summed E-state index contributed by atoms with van der Waals surface area (Å²) < 4.78 is 5.57. The lowest BCUT2D eigenvalue weighted by molar-refractivity contribution is 0.0127. The first kappa shape index (κ1) is 42.0. The van der Waals surface area contributed by atoms with Crippen molar-refractivity contribution in [3.8, 4) is 0 Å². The van der Waals surface area contributed by atoms with Crippen LogP contribution in [0.25, 0.3) is 0 Å². The number of unbranched alkanes of at least 4 members (excludes halogenated alkanes) is 1. The van der Waals surface area contributed by atoms with E-state index in [1.165, 1.54) is 141 Å². The molecule has 1 nitrogen and oxygen atoms in total. The van der Waals surface area contributed by atoms with Gasteiger partial charge in [-0.2, -0.15) is 0 Å². The van der Waals surface area contributed by atoms with Gasteiger partial charge in [-0.1, -0.05) is 190 Å². The second-order valence-electron chi connectivity index (χ2n) is 16.8. The molecule has 0 saturated carbocycles. The van der Waals surface area contributed by atoms with Gasteiger partial charge in [0.2, 0.25) is 0 Å². The van der Waals surface area contributed by atoms with E-state index in [1.807, 2.05) is 7.11 Å². The Morgan fingerprint density at radius 1 is 0.357 bits per heavy atom. The topological polar surface area (TPSA) is 9.23 Å². The van der Waals surface area contributed by atoms with Crippen molar-refractivity contribution in [3.63, 3.8) is 0 Å². The highest BCUT2D eigenvalue weighted by atomic mass is 16.5. The van der Waals surface area contributed by atoms with Gasteiger partial charge in [-0.05, 0) is 61.7 Å². The normalized spacial score (nSPS) is 16.9. The summed E-state index contributed by atoms with van der Waals surface area (Å²) in [6, 6.07) is 0. The average Bonchev–Trinajstić information content (AvgIpc) is 2.91. The highest BCUT2D eigenvalue weighted by molar-refractivity contribution is 4.69. The number of hydrogen-bond donors (Lipinski definition) is 0. The number of rotatable bonds is 30. The van der Waals surface area contributed by atoms with E-state index in [-0.39, 0.29) is 5.60 Å². The SMILES string of the molecule is COC(C)(C)CCCC(C)CCCC(C)CCCC(C)CCCC[C@@H](C)CCCC(C)CCCC(C)CCCC(C)C. The van der Waals surface area contributed by atoms with Crippen LogP contribution < -0.4 is 0 Å². The molecule has 0 aliphatic carbocycles. The molecule has 0 spiro atoms. The van der Waals surface area contributed by atoms with Gasteiger partial charge in [0, 0.05) is 7.11 Å². The third kappa shape index (κ3) is 27.5. The Bertz CT molecular complexity index is 565. The lowest BCUT2D eigenvalue weighted by atomic mass is 9.89. The number of ether oxygens (including phenoxy) is 1. The maximum Gasteiger partial charge on any atom is 0.0622 e. The number of hydrogen-bond acceptors (Lipinski definition) is 1. The maximum atomic E-state index is 5.57. The van der Waals surface area contributed by atoms with Crippen molar-refractivity contribution >= 4 is 0 Å². The van der Waals surface area contributed by atoms with Crippen LogP contribution in [0.2, 0.25) is 0 Å². The van der Waals surface area contributed by atoms with E-state index in [2.05, 4.69) is 69.2 Å². The molecule has 0 N–H and O–H groups in total. The molecule has 42 heavy (non-hydrogen) atoms. The molecule has 0 aromatic carbocycles. The lowest BCUT2D eigenvalue weighted by Gasteiger charge is -2.23. The first-order valence-electron chi connectivity index (χ1n) is 19.4. The zero-order chi connectivity index (χ0) is 31.8. The molecule has 0 aliphatic rings. The molecule has 0 radical (unpaired) electrons. The minimum absolute atomic E-state index is 0.0489. The van der Waals surface area contributed by atoms with Crippen LogP contribution in [0, 0.1) is 41.4 Å². The molecule has 0 aliphatic heterocycles. The van der Waals surface area contributed by atoms with E-state index in [9.17, 15) is 0 Å². The van der Waals surface area contributed by atoms with Crippen LogP contribution in [-0.2, 0) is 4.74 Å². The number of methoxy groups -OCH3 is 1. The molecule has 0 heterocycles. The average molecular weight is 593 g/mol. The molecule has 0 saturated heterocycles. The van der Waals surface area contributed by atoms with Crippen LogP contribution in [0.15, 0.2) is 0 Å². The molecule has 0 amide bonds. The summed E-state index contributed by atoms with van der Waals surface area (Å²) in [5, 5.41) is 0. The fourth-order valence-corrected chi connectivity index (χ4v) is 6.96. The van der Waals surface area contributed by atoms with Crippen molar-refractivity contribution in [1.82, 2.24) is 0 Å². The van der Waals surface area contributed by atoms with Gasteiger partial charge < -0.3 is 4.74 Å². The molecule has 0 aromatic heterocycles. The van der Waals surface area contributed by atoms with Gasteiger partial charge >= 0.3 is 0 Å². The minimum atomic E-state index is 0.0489. The van der Waals surface area contributed by atoms with Crippen molar-refractivity contribution < 1.29 is 4.74 Å². The van der Waals surface area contributed by atoms with Crippen molar-refractivity contribution in [2.45, 2.75) is 216 Å². The molecular formula is C41H84O. The Morgan fingerprint density at radius 3 is 0.857 bits per heavy atom. The zero-order valence-electron chi connectivity index (χ0n) is 31.5. The van der Waals surface area contributed by atoms with Crippen LogP contribution in [0.5, 0.6) is 0 Å². The van der Waals surface area contributed by atoms with E-state index in [4.69, 9.17) is 4.74 Å². The molecule has 0 fully saturated rings. The van der Waals surface area contributed by atoms with Crippen LogP contribution in [0.1, 0.15) is 210 Å². The molecule has 0 rings (SSSR count). The summed E-state index contributed by atoms with van der Waals surface area (Å²) in [5.41, 5.74) is 0.0489. The zero-order valence-corrected chi connectivity index (χ0v) is 31.5. The van der Waals surface area contributed by atoms with Gasteiger partial charge in [0.05, 0.1) is 5.60 Å². The minimum Gasteiger partial charge on any atom is -0.379 e. The summed E-state index contributed by atoms with van der Waals surface area (Å²) in [7, 11) is 1.84. The molecule has 6 atom stereocenters. The van der Waals surface area contributed by atoms with Gasteiger partial charge in [0.15, 0.2) is 0 Å². The maximum absolute atomic E-state index is 5.57. The molecule has 0 aromatic rings. The molecular weight excluding hydrogens is 508 g/mol. The van der Waals surface area contributed by atoms with Crippen LogP contribution in [-0.4, -0.2) is 12.7 Å². The summed E-state index contributed by atoms with van der Waals surface area (Å²) in [4.78, 5) is 0.